The van der Waals surface area contributed by atoms with Crippen LogP contribution in [0.1, 0.15) is 31.9 Å². The lowest BCUT2D eigenvalue weighted by Gasteiger charge is -2.21. The minimum atomic E-state index is -0.544. The van der Waals surface area contributed by atoms with Crippen LogP contribution in [-0.4, -0.2) is 24.2 Å². The number of fused-ring (bicyclic) bond motifs is 1. The Kier molecular flexibility index (Phi) is 3.33. The maximum absolute atomic E-state index is 11.9. The highest BCUT2D eigenvalue weighted by molar-refractivity contribution is 5.95. The molecular weight excluding hydrogens is 218 g/mol. The van der Waals surface area contributed by atoms with Crippen molar-refractivity contribution in [3.63, 3.8) is 0 Å². The second-order valence-corrected chi connectivity index (χ2v) is 4.14. The van der Waals surface area contributed by atoms with Crippen molar-refractivity contribution in [2.24, 2.45) is 0 Å². The van der Waals surface area contributed by atoms with E-state index in [9.17, 15) is 9.90 Å². The van der Waals surface area contributed by atoms with E-state index in [2.05, 4.69) is 0 Å². The number of amides is 1. The Hall–Kier alpha value is -1.55. The van der Waals surface area contributed by atoms with Gasteiger partial charge in [0.05, 0.1) is 24.8 Å². The first-order valence-electron chi connectivity index (χ1n) is 5.88. The third-order valence-electron chi connectivity index (χ3n) is 2.95. The zero-order chi connectivity index (χ0) is 12.4. The average Bonchev–Trinajstić information content (AvgIpc) is 2.46. The molecule has 92 valence electrons. The van der Waals surface area contributed by atoms with Gasteiger partial charge in [-0.05, 0) is 31.5 Å². The predicted octanol–water partition coefficient (Wildman–Crippen LogP) is 1.88. The van der Waals surface area contributed by atoms with Crippen LogP contribution in [0.5, 0.6) is 5.75 Å². The van der Waals surface area contributed by atoms with Gasteiger partial charge in [-0.2, -0.15) is 0 Å². The largest absolute Gasteiger partial charge is 0.491 e. The highest BCUT2D eigenvalue weighted by Gasteiger charge is 2.22. The van der Waals surface area contributed by atoms with Gasteiger partial charge in [-0.25, -0.2) is 0 Å². The number of carbonyl (C=O) groups excluding carboxylic acids is 1. The van der Waals surface area contributed by atoms with Crippen molar-refractivity contribution in [2.45, 2.75) is 26.4 Å². The highest BCUT2D eigenvalue weighted by Crippen LogP contribution is 2.33. The monoisotopic (exact) mass is 235 g/mol. The molecular formula is C13H17NO3. The number of aliphatic hydroxyl groups excluding tert-OH is 1. The first-order valence-corrected chi connectivity index (χ1v) is 5.88. The second-order valence-electron chi connectivity index (χ2n) is 4.14. The van der Waals surface area contributed by atoms with Crippen LogP contribution in [0.2, 0.25) is 0 Å². The molecule has 1 aliphatic heterocycles. The van der Waals surface area contributed by atoms with Crippen LogP contribution in [-0.2, 0) is 4.79 Å². The Morgan fingerprint density at radius 3 is 2.94 bits per heavy atom. The lowest BCUT2D eigenvalue weighted by atomic mass is 10.1. The molecule has 1 aromatic carbocycles. The summed E-state index contributed by atoms with van der Waals surface area (Å²) in [5, 5.41) is 9.58. The number of nitrogens with zero attached hydrogens (tertiary/aromatic N) is 1. The Morgan fingerprint density at radius 1 is 1.53 bits per heavy atom. The summed E-state index contributed by atoms with van der Waals surface area (Å²) >= 11 is 0. The minimum Gasteiger partial charge on any atom is -0.491 e. The van der Waals surface area contributed by atoms with E-state index in [1.54, 1.807) is 11.8 Å². The molecule has 0 radical (unpaired) electrons. The number of rotatable bonds is 2. The molecule has 0 saturated heterocycles. The molecule has 1 aromatic rings. The van der Waals surface area contributed by atoms with Gasteiger partial charge in [0.15, 0.2) is 0 Å². The molecule has 2 rings (SSSR count). The Labute approximate surface area is 101 Å². The van der Waals surface area contributed by atoms with Crippen molar-refractivity contribution in [2.75, 3.05) is 18.1 Å². The van der Waals surface area contributed by atoms with Crippen LogP contribution in [0.4, 0.5) is 5.69 Å². The summed E-state index contributed by atoms with van der Waals surface area (Å²) in [5.74, 6) is 0.774. The summed E-state index contributed by atoms with van der Waals surface area (Å²) in [6, 6.07) is 5.47. The second kappa shape index (κ2) is 4.75. The molecule has 1 unspecified atom stereocenters. The summed E-state index contributed by atoms with van der Waals surface area (Å²) in [5.41, 5.74) is 1.55. The fraction of sp³-hybridized carbons (Fsp3) is 0.462. The quantitative estimate of drug-likeness (QED) is 0.851. The molecule has 0 aromatic heterocycles. The Morgan fingerprint density at radius 2 is 2.29 bits per heavy atom. The van der Waals surface area contributed by atoms with Crippen molar-refractivity contribution >= 4 is 11.6 Å². The number of hydrogen-bond acceptors (Lipinski definition) is 3. The number of anilines is 1. The molecule has 0 fully saturated rings. The van der Waals surface area contributed by atoms with E-state index >= 15 is 0 Å². The lowest BCUT2D eigenvalue weighted by molar-refractivity contribution is -0.118. The molecule has 1 amide bonds. The molecule has 0 spiro atoms. The van der Waals surface area contributed by atoms with Gasteiger partial charge in [-0.3, -0.25) is 4.79 Å². The number of benzene rings is 1. The summed E-state index contributed by atoms with van der Waals surface area (Å²) in [6.45, 7) is 4.66. The van der Waals surface area contributed by atoms with Crippen LogP contribution in [0.15, 0.2) is 18.2 Å². The summed E-state index contributed by atoms with van der Waals surface area (Å²) in [7, 11) is 0. The standard InChI is InChI=1S/C13H17NO3/c1-3-14-11-8-10(9(2)15)4-5-12(11)17-7-6-13(14)16/h4-5,8-9,15H,3,6-7H2,1-2H3. The third kappa shape index (κ3) is 2.26. The van der Waals surface area contributed by atoms with Crippen LogP contribution in [0.3, 0.4) is 0 Å². The van der Waals surface area contributed by atoms with E-state index in [1.165, 1.54) is 0 Å². The lowest BCUT2D eigenvalue weighted by Crippen LogP contribution is -2.29. The van der Waals surface area contributed by atoms with Crippen LogP contribution in [0, 0.1) is 0 Å². The smallest absolute Gasteiger partial charge is 0.230 e. The number of carbonyl (C=O) groups is 1. The van der Waals surface area contributed by atoms with Gasteiger partial charge in [0, 0.05) is 6.54 Å². The zero-order valence-electron chi connectivity index (χ0n) is 10.1. The maximum Gasteiger partial charge on any atom is 0.230 e. The first-order chi connectivity index (χ1) is 8.13. The normalized spacial score (nSPS) is 17.1. The molecule has 4 heteroatoms. The number of aliphatic hydroxyl groups is 1. The van der Waals surface area contributed by atoms with Gasteiger partial charge < -0.3 is 14.7 Å². The van der Waals surface area contributed by atoms with Crippen LogP contribution < -0.4 is 9.64 Å². The fourth-order valence-corrected chi connectivity index (χ4v) is 1.99. The molecule has 1 atom stereocenters. The van der Waals surface area contributed by atoms with Crippen molar-refractivity contribution in [1.29, 1.82) is 0 Å². The molecule has 1 aliphatic rings. The Balaban J connectivity index is 2.47. The molecule has 1 heterocycles. The topological polar surface area (TPSA) is 49.8 Å². The van der Waals surface area contributed by atoms with Gasteiger partial charge in [-0.15, -0.1) is 0 Å². The highest BCUT2D eigenvalue weighted by atomic mass is 16.5. The van der Waals surface area contributed by atoms with Crippen LogP contribution >= 0.6 is 0 Å². The third-order valence-corrected chi connectivity index (χ3v) is 2.95. The van der Waals surface area contributed by atoms with Gasteiger partial charge in [-0.1, -0.05) is 6.07 Å². The minimum absolute atomic E-state index is 0.0639. The van der Waals surface area contributed by atoms with Gasteiger partial charge >= 0.3 is 0 Å². The maximum atomic E-state index is 11.9. The molecule has 0 bridgehead atoms. The molecule has 4 nitrogen and oxygen atoms in total. The van der Waals surface area contributed by atoms with E-state index in [0.717, 1.165) is 11.3 Å². The zero-order valence-corrected chi connectivity index (χ0v) is 10.1. The summed E-state index contributed by atoms with van der Waals surface area (Å²) in [6.07, 6.45) is -0.149. The number of hydrogen-bond donors (Lipinski definition) is 1. The molecule has 0 aliphatic carbocycles. The summed E-state index contributed by atoms with van der Waals surface area (Å²) in [4.78, 5) is 13.6. The molecule has 17 heavy (non-hydrogen) atoms. The van der Waals surface area contributed by atoms with Crippen molar-refractivity contribution in [1.82, 2.24) is 0 Å². The van der Waals surface area contributed by atoms with Crippen molar-refractivity contribution in [3.05, 3.63) is 23.8 Å². The van der Waals surface area contributed by atoms with E-state index < -0.39 is 6.10 Å². The molecule has 0 saturated carbocycles. The van der Waals surface area contributed by atoms with Crippen molar-refractivity contribution in [3.8, 4) is 5.75 Å². The van der Waals surface area contributed by atoms with Gasteiger partial charge in [0.25, 0.3) is 0 Å². The SMILES string of the molecule is CCN1C(=O)CCOc2ccc(C(C)O)cc21. The first kappa shape index (κ1) is 11.9. The Bertz CT molecular complexity index is 429. The fourth-order valence-electron chi connectivity index (χ4n) is 1.99. The summed E-state index contributed by atoms with van der Waals surface area (Å²) < 4.78 is 5.54. The predicted molar refractivity (Wildman–Crippen MR) is 65.2 cm³/mol. The van der Waals surface area contributed by atoms with Gasteiger partial charge in [0.1, 0.15) is 5.75 Å². The average molecular weight is 235 g/mol. The van der Waals surface area contributed by atoms with E-state index in [1.807, 2.05) is 25.1 Å². The van der Waals surface area contributed by atoms with E-state index in [-0.39, 0.29) is 5.91 Å². The van der Waals surface area contributed by atoms with Crippen LogP contribution in [0.25, 0.3) is 0 Å². The van der Waals surface area contributed by atoms with E-state index in [0.29, 0.717) is 25.3 Å². The van der Waals surface area contributed by atoms with Crippen molar-refractivity contribution < 1.29 is 14.6 Å². The molecule has 1 N–H and O–H groups in total. The number of ether oxygens (including phenoxy) is 1. The van der Waals surface area contributed by atoms with Gasteiger partial charge in [0.2, 0.25) is 5.91 Å². The van der Waals surface area contributed by atoms with E-state index in [4.69, 9.17) is 4.74 Å².